The first-order valence-corrected chi connectivity index (χ1v) is 45.0. The molecule has 0 N–H and O–H groups in total. The normalized spacial score (nSPS) is 13.7. The third-order valence-corrected chi connectivity index (χ3v) is 19.8. The predicted octanol–water partition coefficient (Wildman–Crippen LogP) is 29.0. The van der Waals surface area contributed by atoms with Crippen LogP contribution < -0.4 is 4.89 Å². The van der Waals surface area contributed by atoms with Gasteiger partial charge in [0.25, 0.3) is 7.82 Å². The average molecular weight is 1470 g/mol. The van der Waals surface area contributed by atoms with E-state index in [4.69, 9.17) is 18.5 Å². The number of quaternary nitrogens is 1. The molecule has 0 aliphatic rings. The maximum atomic E-state index is 12.9. The first-order chi connectivity index (χ1) is 51.0. The second kappa shape index (κ2) is 82.9. The summed E-state index contributed by atoms with van der Waals surface area (Å²) in [4.78, 5) is 38.3. The summed E-state index contributed by atoms with van der Waals surface area (Å²) in [6, 6.07) is 0. The van der Waals surface area contributed by atoms with Crippen molar-refractivity contribution in [2.75, 3.05) is 47.5 Å². The topological polar surface area (TPSA) is 111 Å². The summed E-state index contributed by atoms with van der Waals surface area (Å²) in [6.07, 6.45) is 123. The van der Waals surface area contributed by atoms with Crippen molar-refractivity contribution in [1.82, 2.24) is 0 Å². The molecule has 0 aliphatic heterocycles. The largest absolute Gasteiger partial charge is 0.756 e. The molecule has 0 rings (SSSR count). The number of unbranched alkanes of at least 4 members (excludes halogenated alkanes) is 42. The van der Waals surface area contributed by atoms with E-state index in [0.717, 1.165) is 116 Å². The van der Waals surface area contributed by atoms with Crippen molar-refractivity contribution in [1.29, 1.82) is 0 Å². The number of ether oxygens (including phenoxy) is 2. The number of hydrogen-bond acceptors (Lipinski definition) is 8. The molecule has 0 aromatic heterocycles. The van der Waals surface area contributed by atoms with Crippen LogP contribution in [0.5, 0.6) is 0 Å². The highest BCUT2D eigenvalue weighted by Crippen LogP contribution is 2.38. The molecule has 9 nitrogen and oxygen atoms in total. The van der Waals surface area contributed by atoms with E-state index in [2.05, 4.69) is 160 Å². The molecule has 0 radical (unpaired) electrons. The summed E-state index contributed by atoms with van der Waals surface area (Å²) >= 11 is 0. The van der Waals surface area contributed by atoms with Crippen LogP contribution in [0.3, 0.4) is 0 Å². The van der Waals surface area contributed by atoms with Crippen LogP contribution in [0.1, 0.15) is 386 Å². The van der Waals surface area contributed by atoms with Crippen molar-refractivity contribution in [3.05, 3.63) is 146 Å². The zero-order valence-corrected chi connectivity index (χ0v) is 69.3. The summed E-state index contributed by atoms with van der Waals surface area (Å²) in [5, 5.41) is 0. The molecular weight excluding hydrogens is 1300 g/mol. The molecule has 0 saturated carbocycles. The Balaban J connectivity index is 3.91. The third-order valence-electron chi connectivity index (χ3n) is 18.9. The Kier molecular flexibility index (Phi) is 79.7. The van der Waals surface area contributed by atoms with Crippen LogP contribution in [0.4, 0.5) is 0 Å². The Morgan fingerprint density at radius 2 is 0.519 bits per heavy atom. The number of likely N-dealkylation sites (N-methyl/N-ethyl adjacent to an activating group) is 1. The molecule has 104 heavy (non-hydrogen) atoms. The van der Waals surface area contributed by atoms with E-state index in [1.54, 1.807) is 0 Å². The van der Waals surface area contributed by atoms with E-state index in [1.165, 1.54) is 238 Å². The summed E-state index contributed by atoms with van der Waals surface area (Å²) in [5.41, 5.74) is 0. The number of phosphoric acid groups is 1. The fraction of sp³-hybridized carbons (Fsp3) is 0.723. The van der Waals surface area contributed by atoms with E-state index in [1.807, 2.05) is 21.1 Å². The van der Waals surface area contributed by atoms with Crippen LogP contribution in [0.25, 0.3) is 0 Å². The molecule has 2 unspecified atom stereocenters. The number of carbonyl (C=O) groups excluding carboxylic acids is 2. The SMILES string of the molecule is CC/C=C\C/C=C\C/C=C\C/C=C\C/C=C\C/C=C\C/C=C\CCCCCCCCCCCCCCCCCCCC(=O)OC(COC(=O)CCCCCCCCCCCCCCCCCCCCCCCCCCC/C=C\C/C=C\C/C=C\C/C=C\C/C=C\CC)COP(=O)([O-])OCC[N+](C)(C)C. The summed E-state index contributed by atoms with van der Waals surface area (Å²) < 4.78 is 34.5. The van der Waals surface area contributed by atoms with Crippen LogP contribution in [0.2, 0.25) is 0 Å². The van der Waals surface area contributed by atoms with Gasteiger partial charge in [0.05, 0.1) is 27.7 Å². The van der Waals surface area contributed by atoms with E-state index in [9.17, 15) is 19.0 Å². The molecule has 0 aromatic rings. The monoisotopic (exact) mass is 1470 g/mol. The third kappa shape index (κ3) is 86.8. The lowest BCUT2D eigenvalue weighted by molar-refractivity contribution is -0.870. The van der Waals surface area contributed by atoms with Crippen molar-refractivity contribution in [3.8, 4) is 0 Å². The molecule has 0 amide bonds. The second-order valence-corrected chi connectivity index (χ2v) is 31.6. The number of allylic oxidation sites excluding steroid dienone is 24. The van der Waals surface area contributed by atoms with Gasteiger partial charge in [-0.3, -0.25) is 14.2 Å². The van der Waals surface area contributed by atoms with Crippen molar-refractivity contribution >= 4 is 19.8 Å². The van der Waals surface area contributed by atoms with Gasteiger partial charge < -0.3 is 27.9 Å². The highest BCUT2D eigenvalue weighted by Gasteiger charge is 2.22. The molecule has 0 fully saturated rings. The van der Waals surface area contributed by atoms with E-state index < -0.39 is 26.5 Å². The Bertz CT molecular complexity index is 2280. The molecule has 0 aliphatic carbocycles. The van der Waals surface area contributed by atoms with Gasteiger partial charge in [0.15, 0.2) is 6.10 Å². The summed E-state index contributed by atoms with van der Waals surface area (Å²) in [5.74, 6) is -0.819. The number of phosphoric ester groups is 1. The Labute approximate surface area is 643 Å². The van der Waals surface area contributed by atoms with Gasteiger partial charge in [0.2, 0.25) is 0 Å². The van der Waals surface area contributed by atoms with Crippen molar-refractivity contribution < 1.29 is 42.1 Å². The van der Waals surface area contributed by atoms with Crippen LogP contribution in [0, 0.1) is 0 Å². The number of esters is 2. The lowest BCUT2D eigenvalue weighted by atomic mass is 10.0. The summed E-state index contributed by atoms with van der Waals surface area (Å²) in [6.45, 7) is 4.05. The lowest BCUT2D eigenvalue weighted by Gasteiger charge is -2.28. The molecular formula is C94H164NO8P. The van der Waals surface area contributed by atoms with E-state index in [0.29, 0.717) is 17.4 Å². The van der Waals surface area contributed by atoms with Gasteiger partial charge in [-0.15, -0.1) is 0 Å². The van der Waals surface area contributed by atoms with Gasteiger partial charge in [-0.1, -0.05) is 404 Å². The number of hydrogen-bond donors (Lipinski definition) is 0. The fourth-order valence-corrected chi connectivity index (χ4v) is 13.0. The number of nitrogens with zero attached hydrogens (tertiary/aromatic N) is 1. The minimum absolute atomic E-state index is 0.0326. The summed E-state index contributed by atoms with van der Waals surface area (Å²) in [7, 11) is 1.17. The van der Waals surface area contributed by atoms with Crippen molar-refractivity contribution in [2.45, 2.75) is 392 Å². The maximum absolute atomic E-state index is 12.9. The first kappa shape index (κ1) is 99.9. The first-order valence-electron chi connectivity index (χ1n) is 43.5. The van der Waals surface area contributed by atoms with Crippen LogP contribution >= 0.6 is 7.82 Å². The quantitative estimate of drug-likeness (QED) is 0.0195. The Morgan fingerprint density at radius 3 is 0.769 bits per heavy atom. The van der Waals surface area contributed by atoms with Gasteiger partial charge in [-0.25, -0.2) is 0 Å². The molecule has 0 bridgehead atoms. The van der Waals surface area contributed by atoms with Gasteiger partial charge in [-0.2, -0.15) is 0 Å². The molecule has 0 aromatic carbocycles. The van der Waals surface area contributed by atoms with Crippen molar-refractivity contribution in [3.63, 3.8) is 0 Å². The van der Waals surface area contributed by atoms with Crippen LogP contribution in [0.15, 0.2) is 146 Å². The van der Waals surface area contributed by atoms with Crippen molar-refractivity contribution in [2.24, 2.45) is 0 Å². The predicted molar refractivity (Wildman–Crippen MR) is 452 cm³/mol. The zero-order valence-electron chi connectivity index (χ0n) is 68.4. The zero-order chi connectivity index (χ0) is 75.4. The molecule has 0 spiro atoms. The van der Waals surface area contributed by atoms with E-state index in [-0.39, 0.29) is 32.0 Å². The molecule has 598 valence electrons. The fourth-order valence-electron chi connectivity index (χ4n) is 12.3. The number of carbonyl (C=O) groups is 2. The maximum Gasteiger partial charge on any atom is 0.306 e. The highest BCUT2D eigenvalue weighted by molar-refractivity contribution is 7.45. The minimum Gasteiger partial charge on any atom is -0.756 e. The van der Waals surface area contributed by atoms with Gasteiger partial charge in [-0.05, 0) is 116 Å². The number of rotatable bonds is 80. The molecule has 2 atom stereocenters. The highest BCUT2D eigenvalue weighted by atomic mass is 31.2. The molecule has 0 saturated heterocycles. The molecule has 0 heterocycles. The van der Waals surface area contributed by atoms with Gasteiger partial charge >= 0.3 is 11.9 Å². The van der Waals surface area contributed by atoms with Crippen LogP contribution in [-0.2, 0) is 32.7 Å². The Hall–Kier alpha value is -4.11. The molecule has 10 heteroatoms. The van der Waals surface area contributed by atoms with Crippen LogP contribution in [-0.4, -0.2) is 70.0 Å². The minimum atomic E-state index is -4.65. The Morgan fingerprint density at radius 1 is 0.298 bits per heavy atom. The van der Waals surface area contributed by atoms with Gasteiger partial charge in [0.1, 0.15) is 19.8 Å². The second-order valence-electron chi connectivity index (χ2n) is 30.1. The van der Waals surface area contributed by atoms with E-state index >= 15 is 0 Å². The lowest BCUT2D eigenvalue weighted by Crippen LogP contribution is -2.37. The van der Waals surface area contributed by atoms with Gasteiger partial charge in [0, 0.05) is 12.8 Å². The standard InChI is InChI=1S/C94H164NO8P/c1-6-8-10-12-14-16-18-20-22-24-26-28-30-32-34-36-38-40-42-44-46-47-49-50-52-54-56-58-60-62-64-66-68-70-72-74-76-78-80-82-84-86-93(96)100-90-92(91-102-104(98,99)101-89-88-95(3,4)5)103-94(97)87-85-83-81-79-77-75-73-71-69-67-65-63-61-59-57-55-53-51-48-45-43-41-39-37-35-33-31-29-27-25-23-21-19-17-15-13-11-9-7-2/h8-11,14-17,20-23,26-29,32-35,39,41,45,48,92H,6-7,12-13,18-19,24-25,30-31,36-38,40,42-44,46-47,49-91H2,1-5H3/b10-8-,11-9-,16-14-,17-15-,22-20-,23-21-,28-26-,29-27-,34-32-,35-33-,41-39-,48-45-. The smallest absolute Gasteiger partial charge is 0.306 e. The average Bonchev–Trinajstić information content (AvgIpc) is 0.915.